The lowest BCUT2D eigenvalue weighted by Crippen LogP contribution is -2.20. The molecule has 2 rings (SSSR count). The number of hydrogen-bond acceptors (Lipinski definition) is 6. The Morgan fingerprint density at radius 3 is 2.90 bits per heavy atom. The van der Waals surface area contributed by atoms with E-state index in [2.05, 4.69) is 15.3 Å². The number of ether oxygens (including phenoxy) is 1. The van der Waals surface area contributed by atoms with Gasteiger partial charge in [-0.2, -0.15) is 0 Å². The highest BCUT2D eigenvalue weighted by molar-refractivity contribution is 7.91. The first-order valence-corrected chi connectivity index (χ1v) is 8.57. The summed E-state index contributed by atoms with van der Waals surface area (Å²) < 4.78 is 28.1. The number of hydrogen-bond donors (Lipinski definition) is 1. The third-order valence-corrected chi connectivity index (χ3v) is 5.08. The zero-order chi connectivity index (χ0) is 14.6. The van der Waals surface area contributed by atoms with Gasteiger partial charge in [0.2, 0.25) is 0 Å². The molecule has 1 aromatic heterocycles. The van der Waals surface area contributed by atoms with E-state index in [4.69, 9.17) is 4.74 Å². The van der Waals surface area contributed by atoms with Crippen LogP contribution in [0.25, 0.3) is 0 Å². The second kappa shape index (κ2) is 6.60. The van der Waals surface area contributed by atoms with Gasteiger partial charge in [0.15, 0.2) is 9.84 Å². The lowest BCUT2D eigenvalue weighted by molar-refractivity contribution is 0.199. The van der Waals surface area contributed by atoms with Gasteiger partial charge in [-0.1, -0.05) is 0 Å². The summed E-state index contributed by atoms with van der Waals surface area (Å²) in [5.74, 6) is 1.02. The topological polar surface area (TPSA) is 81.2 Å². The molecule has 0 amide bonds. The number of aromatic nitrogens is 2. The highest BCUT2D eigenvalue weighted by Gasteiger charge is 2.31. The van der Waals surface area contributed by atoms with Crippen LogP contribution in [0.4, 0.5) is 0 Å². The molecule has 1 aliphatic rings. The predicted molar refractivity (Wildman–Crippen MR) is 76.4 cm³/mol. The number of nitrogens with one attached hydrogen (secondary N) is 1. The molecule has 1 saturated heterocycles. The van der Waals surface area contributed by atoms with Gasteiger partial charge in [-0.15, -0.1) is 0 Å². The summed E-state index contributed by atoms with van der Waals surface area (Å²) in [7, 11) is -1.24. The molecule has 0 aromatic carbocycles. The summed E-state index contributed by atoms with van der Waals surface area (Å²) in [6.07, 6.45) is 0.627. The Bertz CT molecular complexity index is 560. The van der Waals surface area contributed by atoms with E-state index in [0.29, 0.717) is 25.4 Å². The summed E-state index contributed by atoms with van der Waals surface area (Å²) in [4.78, 5) is 8.90. The maximum atomic E-state index is 11.5. The van der Waals surface area contributed by atoms with Gasteiger partial charge < -0.3 is 10.1 Å². The molecule has 0 saturated carbocycles. The van der Waals surface area contributed by atoms with Gasteiger partial charge in [0.05, 0.1) is 23.8 Å². The van der Waals surface area contributed by atoms with Crippen molar-refractivity contribution < 1.29 is 13.2 Å². The Labute approximate surface area is 119 Å². The van der Waals surface area contributed by atoms with E-state index >= 15 is 0 Å². The van der Waals surface area contributed by atoms with E-state index < -0.39 is 9.84 Å². The summed E-state index contributed by atoms with van der Waals surface area (Å²) >= 11 is 0. The molecule has 1 fully saturated rings. The molecule has 6 nitrogen and oxygen atoms in total. The fourth-order valence-corrected chi connectivity index (χ4v) is 4.06. The lowest BCUT2D eigenvalue weighted by Gasteiger charge is -2.10. The van der Waals surface area contributed by atoms with E-state index in [9.17, 15) is 8.42 Å². The summed E-state index contributed by atoms with van der Waals surface area (Å²) in [6, 6.07) is 1.92. The van der Waals surface area contributed by atoms with E-state index in [0.717, 1.165) is 17.9 Å². The van der Waals surface area contributed by atoms with Crippen molar-refractivity contribution in [2.24, 2.45) is 0 Å². The van der Waals surface area contributed by atoms with Gasteiger partial charge in [-0.05, 0) is 19.4 Å². The molecular formula is C13H21N3O3S. The molecule has 0 bridgehead atoms. The lowest BCUT2D eigenvalue weighted by atomic mass is 10.1. The van der Waals surface area contributed by atoms with Crippen molar-refractivity contribution in [2.45, 2.75) is 25.8 Å². The van der Waals surface area contributed by atoms with E-state index in [1.54, 1.807) is 7.11 Å². The normalized spacial score (nSPS) is 21.2. The second-order valence-electron chi connectivity index (χ2n) is 5.13. The Kier molecular flexibility index (Phi) is 5.06. The molecule has 20 heavy (non-hydrogen) atoms. The van der Waals surface area contributed by atoms with E-state index in [1.807, 2.05) is 13.0 Å². The summed E-state index contributed by atoms with van der Waals surface area (Å²) in [5, 5.41) is 3.23. The Morgan fingerprint density at radius 2 is 2.25 bits per heavy atom. The molecule has 1 aromatic rings. The van der Waals surface area contributed by atoms with Crippen LogP contribution >= 0.6 is 0 Å². The molecule has 7 heteroatoms. The van der Waals surface area contributed by atoms with Crippen LogP contribution in [0.1, 0.15) is 29.6 Å². The van der Waals surface area contributed by atoms with Crippen molar-refractivity contribution in [3.8, 4) is 0 Å². The first kappa shape index (κ1) is 15.3. The molecule has 1 N–H and O–H groups in total. The fraction of sp³-hybridized carbons (Fsp3) is 0.692. The first-order chi connectivity index (χ1) is 9.50. The summed E-state index contributed by atoms with van der Waals surface area (Å²) in [5.41, 5.74) is 1.77. The number of rotatable bonds is 6. The smallest absolute Gasteiger partial charge is 0.151 e. The van der Waals surface area contributed by atoms with Gasteiger partial charge in [-0.3, -0.25) is 0 Å². The second-order valence-corrected chi connectivity index (χ2v) is 7.36. The molecule has 112 valence electrons. The van der Waals surface area contributed by atoms with Gasteiger partial charge in [0.25, 0.3) is 0 Å². The van der Waals surface area contributed by atoms with Crippen LogP contribution in [0, 0.1) is 6.92 Å². The monoisotopic (exact) mass is 299 g/mol. The number of nitrogens with zero attached hydrogens (tertiary/aromatic N) is 2. The molecule has 0 spiro atoms. The van der Waals surface area contributed by atoms with Gasteiger partial charge in [0, 0.05) is 31.8 Å². The Morgan fingerprint density at radius 1 is 1.45 bits per heavy atom. The predicted octanol–water partition coefficient (Wildman–Crippen LogP) is 0.423. The maximum absolute atomic E-state index is 11.5. The minimum Gasteiger partial charge on any atom is -0.383 e. The quantitative estimate of drug-likeness (QED) is 0.767. The summed E-state index contributed by atoms with van der Waals surface area (Å²) in [6.45, 7) is 3.96. The average Bonchev–Trinajstić information content (AvgIpc) is 2.75. The third kappa shape index (κ3) is 4.22. The molecule has 0 radical (unpaired) electrons. The van der Waals surface area contributed by atoms with Gasteiger partial charge >= 0.3 is 0 Å². The first-order valence-electron chi connectivity index (χ1n) is 6.75. The zero-order valence-corrected chi connectivity index (χ0v) is 12.7. The zero-order valence-electron chi connectivity index (χ0n) is 11.9. The van der Waals surface area contributed by atoms with Gasteiger partial charge in [0.1, 0.15) is 5.82 Å². The van der Waals surface area contributed by atoms with Crippen molar-refractivity contribution in [1.82, 2.24) is 15.3 Å². The van der Waals surface area contributed by atoms with Crippen molar-refractivity contribution in [3.63, 3.8) is 0 Å². The fourth-order valence-electron chi connectivity index (χ4n) is 2.32. The van der Waals surface area contributed by atoms with E-state index in [-0.39, 0.29) is 17.4 Å². The van der Waals surface area contributed by atoms with Crippen LogP contribution in [-0.2, 0) is 21.1 Å². The van der Waals surface area contributed by atoms with Crippen LogP contribution in [0.2, 0.25) is 0 Å². The van der Waals surface area contributed by atoms with Crippen LogP contribution in [0.15, 0.2) is 6.07 Å². The highest BCUT2D eigenvalue weighted by atomic mass is 32.2. The molecule has 2 heterocycles. The Hall–Kier alpha value is -1.05. The van der Waals surface area contributed by atoms with E-state index in [1.165, 1.54) is 0 Å². The minimum absolute atomic E-state index is 0.0578. The number of methoxy groups -OCH3 is 1. The van der Waals surface area contributed by atoms with Crippen molar-refractivity contribution in [3.05, 3.63) is 23.3 Å². The van der Waals surface area contributed by atoms with Crippen LogP contribution in [0.5, 0.6) is 0 Å². The van der Waals surface area contributed by atoms with Crippen LogP contribution in [-0.4, -0.2) is 50.2 Å². The SMILES string of the molecule is COCCNCc1cc(C)nc(C2CCS(=O)(=O)C2)n1. The largest absolute Gasteiger partial charge is 0.383 e. The minimum atomic E-state index is -2.91. The third-order valence-electron chi connectivity index (χ3n) is 3.31. The van der Waals surface area contributed by atoms with Crippen molar-refractivity contribution in [1.29, 1.82) is 0 Å². The maximum Gasteiger partial charge on any atom is 0.151 e. The van der Waals surface area contributed by atoms with Crippen LogP contribution < -0.4 is 5.32 Å². The highest BCUT2D eigenvalue weighted by Crippen LogP contribution is 2.26. The Balaban J connectivity index is 2.05. The average molecular weight is 299 g/mol. The van der Waals surface area contributed by atoms with Crippen LogP contribution in [0.3, 0.4) is 0 Å². The molecular weight excluding hydrogens is 278 g/mol. The number of sulfone groups is 1. The molecule has 1 aliphatic heterocycles. The van der Waals surface area contributed by atoms with Crippen molar-refractivity contribution in [2.75, 3.05) is 31.8 Å². The molecule has 1 unspecified atom stereocenters. The molecule has 1 atom stereocenters. The number of aryl methyl sites for hydroxylation is 1. The standard InChI is InChI=1S/C13H21N3O3S/c1-10-7-12(8-14-4-5-19-2)16-13(15-10)11-3-6-20(17,18)9-11/h7,11,14H,3-6,8-9H2,1-2H3. The van der Waals surface area contributed by atoms with Crippen molar-refractivity contribution >= 4 is 9.84 Å². The van der Waals surface area contributed by atoms with Gasteiger partial charge in [-0.25, -0.2) is 18.4 Å². The molecule has 0 aliphatic carbocycles.